The molecule has 2 saturated heterocycles. The zero-order valence-corrected chi connectivity index (χ0v) is 16.0. The average molecular weight is 353 g/mol. The van der Waals surface area contributed by atoms with E-state index in [0.29, 0.717) is 37.3 Å². The van der Waals surface area contributed by atoms with E-state index in [1.165, 1.54) is 12.8 Å². The van der Waals surface area contributed by atoms with Crippen LogP contribution in [0.4, 0.5) is 0 Å². The van der Waals surface area contributed by atoms with E-state index in [4.69, 9.17) is 4.74 Å². The van der Waals surface area contributed by atoms with Crippen LogP contribution in [0.5, 0.6) is 0 Å². The fraction of sp³-hybridized carbons (Fsp3) is 0.950. The van der Waals surface area contributed by atoms with Crippen molar-refractivity contribution in [1.82, 2.24) is 10.2 Å². The van der Waals surface area contributed by atoms with Crippen LogP contribution in [0, 0.1) is 23.2 Å². The Morgan fingerprint density at radius 2 is 2.04 bits per heavy atom. The zero-order valence-electron chi connectivity index (χ0n) is 16.0. The highest BCUT2D eigenvalue weighted by molar-refractivity contribution is 5.76. The van der Waals surface area contributed by atoms with Gasteiger partial charge in [-0.2, -0.15) is 0 Å². The lowest BCUT2D eigenvalue weighted by Crippen LogP contribution is -2.47. The molecule has 5 nitrogen and oxygen atoms in total. The van der Waals surface area contributed by atoms with Crippen LogP contribution in [-0.4, -0.2) is 61.4 Å². The third-order valence-corrected chi connectivity index (χ3v) is 6.36. The van der Waals surface area contributed by atoms with E-state index in [1.54, 1.807) is 0 Å². The first-order valence-electron chi connectivity index (χ1n) is 10.2. The van der Waals surface area contributed by atoms with Crippen LogP contribution in [0.25, 0.3) is 0 Å². The fourth-order valence-electron chi connectivity index (χ4n) is 4.16. The lowest BCUT2D eigenvalue weighted by molar-refractivity contribution is -0.136. The SMILES string of the molecule is CC1(C)COCCC[C@H]2CNCC[C@H]2CC(=O)N(CC2CC2)C[C@@H]1O. The number of piperidine rings is 1. The summed E-state index contributed by atoms with van der Waals surface area (Å²) >= 11 is 0. The highest BCUT2D eigenvalue weighted by Crippen LogP contribution is 2.33. The molecule has 5 heteroatoms. The molecule has 2 heterocycles. The monoisotopic (exact) mass is 352 g/mol. The minimum atomic E-state index is -0.542. The minimum absolute atomic E-state index is 0.249. The molecule has 1 saturated carbocycles. The van der Waals surface area contributed by atoms with Crippen LogP contribution in [0.3, 0.4) is 0 Å². The number of carbonyl (C=O) groups is 1. The van der Waals surface area contributed by atoms with Gasteiger partial charge in [-0.15, -0.1) is 0 Å². The predicted octanol–water partition coefficient (Wildman–Crippen LogP) is 2.04. The van der Waals surface area contributed by atoms with Gasteiger partial charge in [-0.05, 0) is 62.9 Å². The molecule has 0 radical (unpaired) electrons. The molecule has 2 aliphatic heterocycles. The number of ether oxygens (including phenoxy) is 1. The fourth-order valence-corrected chi connectivity index (χ4v) is 4.16. The van der Waals surface area contributed by atoms with Gasteiger partial charge in [0, 0.05) is 31.5 Å². The second-order valence-corrected chi connectivity index (χ2v) is 9.16. The van der Waals surface area contributed by atoms with Crippen LogP contribution < -0.4 is 5.32 Å². The number of fused-ring (bicyclic) bond motifs is 1. The summed E-state index contributed by atoms with van der Waals surface area (Å²) < 4.78 is 5.88. The van der Waals surface area contributed by atoms with Crippen LogP contribution in [0.1, 0.15) is 52.4 Å². The third kappa shape index (κ3) is 5.41. The van der Waals surface area contributed by atoms with E-state index >= 15 is 0 Å². The Kier molecular flexibility index (Phi) is 6.39. The molecular weight excluding hydrogens is 316 g/mol. The van der Waals surface area contributed by atoms with Gasteiger partial charge >= 0.3 is 0 Å². The highest BCUT2D eigenvalue weighted by atomic mass is 16.5. The summed E-state index contributed by atoms with van der Waals surface area (Å²) in [5, 5.41) is 14.3. The number of hydrogen-bond acceptors (Lipinski definition) is 4. The molecule has 2 N–H and O–H groups in total. The number of rotatable bonds is 2. The van der Waals surface area contributed by atoms with Gasteiger partial charge in [0.15, 0.2) is 0 Å². The first-order valence-corrected chi connectivity index (χ1v) is 10.2. The Morgan fingerprint density at radius 3 is 2.80 bits per heavy atom. The quantitative estimate of drug-likeness (QED) is 0.798. The van der Waals surface area contributed by atoms with Gasteiger partial charge in [0.2, 0.25) is 5.91 Å². The van der Waals surface area contributed by atoms with E-state index in [2.05, 4.69) is 5.32 Å². The molecule has 1 aliphatic carbocycles. The van der Waals surface area contributed by atoms with E-state index in [-0.39, 0.29) is 11.3 Å². The van der Waals surface area contributed by atoms with Crippen molar-refractivity contribution >= 4 is 5.91 Å². The molecular formula is C20H36N2O3. The first kappa shape index (κ1) is 19.1. The van der Waals surface area contributed by atoms with E-state index < -0.39 is 6.10 Å². The van der Waals surface area contributed by atoms with Crippen LogP contribution >= 0.6 is 0 Å². The molecule has 0 aromatic heterocycles. The van der Waals surface area contributed by atoms with Crippen molar-refractivity contribution in [1.29, 1.82) is 0 Å². The molecule has 0 bridgehead atoms. The number of β-amino-alcohol motifs (C(OH)–C–C–N with tert-alkyl or cyclic N) is 1. The van der Waals surface area contributed by atoms with Gasteiger partial charge < -0.3 is 20.1 Å². The smallest absolute Gasteiger partial charge is 0.222 e. The summed E-state index contributed by atoms with van der Waals surface area (Å²) in [6, 6.07) is 0. The molecule has 1 amide bonds. The molecule has 3 aliphatic rings. The summed E-state index contributed by atoms with van der Waals surface area (Å²) in [7, 11) is 0. The Hall–Kier alpha value is -0.650. The van der Waals surface area contributed by atoms with E-state index in [0.717, 1.165) is 45.5 Å². The Bertz CT molecular complexity index is 450. The lowest BCUT2D eigenvalue weighted by atomic mass is 9.81. The molecule has 0 aromatic carbocycles. The maximum Gasteiger partial charge on any atom is 0.222 e. The number of carbonyl (C=O) groups excluding carboxylic acids is 1. The summed E-state index contributed by atoms with van der Waals surface area (Å²) in [5.41, 5.74) is -0.329. The molecule has 0 spiro atoms. The molecule has 3 rings (SSSR count). The molecule has 3 fully saturated rings. The molecule has 144 valence electrons. The molecule has 0 aromatic rings. The molecule has 25 heavy (non-hydrogen) atoms. The van der Waals surface area contributed by atoms with Crippen molar-refractivity contribution in [3.63, 3.8) is 0 Å². The van der Waals surface area contributed by atoms with Gasteiger partial charge in [-0.1, -0.05) is 13.8 Å². The van der Waals surface area contributed by atoms with Crippen molar-refractivity contribution in [2.75, 3.05) is 39.4 Å². The van der Waals surface area contributed by atoms with Crippen LogP contribution in [-0.2, 0) is 9.53 Å². The van der Waals surface area contributed by atoms with Gasteiger partial charge in [0.05, 0.1) is 12.7 Å². The maximum absolute atomic E-state index is 13.1. The summed E-state index contributed by atoms with van der Waals surface area (Å²) in [5.74, 6) is 1.94. The largest absolute Gasteiger partial charge is 0.391 e. The predicted molar refractivity (Wildman–Crippen MR) is 98.2 cm³/mol. The van der Waals surface area contributed by atoms with Crippen LogP contribution in [0.2, 0.25) is 0 Å². The van der Waals surface area contributed by atoms with Crippen molar-refractivity contribution < 1.29 is 14.6 Å². The van der Waals surface area contributed by atoms with E-state index in [9.17, 15) is 9.90 Å². The number of hydrogen-bond donors (Lipinski definition) is 2. The van der Waals surface area contributed by atoms with Gasteiger partial charge in [-0.25, -0.2) is 0 Å². The van der Waals surface area contributed by atoms with E-state index in [1.807, 2.05) is 18.7 Å². The topological polar surface area (TPSA) is 61.8 Å². The number of aliphatic hydroxyl groups is 1. The molecule has 3 atom stereocenters. The first-order chi connectivity index (χ1) is 12.0. The van der Waals surface area contributed by atoms with Crippen molar-refractivity contribution in [2.24, 2.45) is 23.2 Å². The number of amides is 1. The second kappa shape index (κ2) is 8.36. The summed E-state index contributed by atoms with van der Waals surface area (Å²) in [6.07, 6.45) is 5.80. The van der Waals surface area contributed by atoms with Crippen molar-refractivity contribution in [3.05, 3.63) is 0 Å². The number of aliphatic hydroxyl groups excluding tert-OH is 1. The minimum Gasteiger partial charge on any atom is -0.391 e. The van der Waals surface area contributed by atoms with Gasteiger partial charge in [0.1, 0.15) is 0 Å². The molecule has 0 unspecified atom stereocenters. The zero-order chi connectivity index (χ0) is 17.9. The van der Waals surface area contributed by atoms with Crippen molar-refractivity contribution in [2.45, 2.75) is 58.5 Å². The Morgan fingerprint density at radius 1 is 1.24 bits per heavy atom. The standard InChI is InChI=1S/C20H36N2O3/c1-20(2)14-25-9-3-4-17-11-21-8-7-16(17)10-19(24)22(13-18(20)23)12-15-5-6-15/h15-18,21,23H,3-14H2,1-2H3/t16-,17-,18-/m0/s1. The summed E-state index contributed by atoms with van der Waals surface area (Å²) in [6.45, 7) is 8.69. The lowest BCUT2D eigenvalue weighted by Gasteiger charge is -2.36. The van der Waals surface area contributed by atoms with Crippen molar-refractivity contribution in [3.8, 4) is 0 Å². The van der Waals surface area contributed by atoms with Crippen LogP contribution in [0.15, 0.2) is 0 Å². The number of nitrogens with one attached hydrogen (secondary N) is 1. The third-order valence-electron chi connectivity index (χ3n) is 6.36. The van der Waals surface area contributed by atoms with Gasteiger partial charge in [0.25, 0.3) is 0 Å². The summed E-state index contributed by atoms with van der Waals surface area (Å²) in [4.78, 5) is 15.0. The highest BCUT2D eigenvalue weighted by Gasteiger charge is 2.36. The number of nitrogens with zero attached hydrogens (tertiary/aromatic N) is 1. The normalized spacial score (nSPS) is 35.2. The van der Waals surface area contributed by atoms with Gasteiger partial charge in [-0.3, -0.25) is 4.79 Å². The maximum atomic E-state index is 13.1. The average Bonchev–Trinajstić information content (AvgIpc) is 3.38. The second-order valence-electron chi connectivity index (χ2n) is 9.16. The Balaban J connectivity index is 1.72. The Labute approximate surface area is 152 Å².